The van der Waals surface area contributed by atoms with Crippen molar-refractivity contribution in [2.24, 2.45) is 0 Å². The number of nitrogens with zero attached hydrogens (tertiary/aromatic N) is 2. The van der Waals surface area contributed by atoms with Gasteiger partial charge in [0.05, 0.1) is 0 Å². The topological polar surface area (TPSA) is 23.6 Å². The molecule has 0 bridgehead atoms. The van der Waals surface area contributed by atoms with Crippen LogP contribution in [0.25, 0.3) is 0 Å². The molecule has 21 heavy (non-hydrogen) atoms. The Kier molecular flexibility index (Phi) is 4.96. The lowest BCUT2D eigenvalue weighted by molar-refractivity contribution is 0.112. The number of piperidine rings is 2. The lowest BCUT2D eigenvalue weighted by Gasteiger charge is -2.41. The molecule has 0 saturated carbocycles. The van der Waals surface area contributed by atoms with Crippen molar-refractivity contribution in [3.8, 4) is 0 Å². The van der Waals surface area contributed by atoms with Gasteiger partial charge in [-0.15, -0.1) is 0 Å². The molecular weight excluding hydrogens is 328 g/mol. The molecule has 0 aliphatic carbocycles. The second kappa shape index (κ2) is 6.93. The van der Waals surface area contributed by atoms with E-state index in [0.29, 0.717) is 0 Å². The first-order chi connectivity index (χ1) is 10.3. The third kappa shape index (κ3) is 3.49. The number of hydrogen-bond acceptors (Lipinski definition) is 3. The largest absolute Gasteiger partial charge is 0.371 e. The van der Waals surface area contributed by atoms with Crippen LogP contribution in [0.1, 0.15) is 42.5 Å². The second-order valence-corrected chi connectivity index (χ2v) is 7.05. The minimum absolute atomic E-state index is 0.747. The molecule has 1 aromatic rings. The van der Waals surface area contributed by atoms with E-state index in [1.165, 1.54) is 45.2 Å². The van der Waals surface area contributed by atoms with E-state index in [1.54, 1.807) is 0 Å². The van der Waals surface area contributed by atoms with E-state index >= 15 is 0 Å². The van der Waals surface area contributed by atoms with Crippen LogP contribution in [0.15, 0.2) is 22.7 Å². The number of aldehydes is 1. The Labute approximate surface area is 135 Å². The summed E-state index contributed by atoms with van der Waals surface area (Å²) >= 11 is 3.44. The summed E-state index contributed by atoms with van der Waals surface area (Å²) in [5.74, 6) is 0. The van der Waals surface area contributed by atoms with Crippen LogP contribution < -0.4 is 4.90 Å². The maximum absolute atomic E-state index is 11.3. The van der Waals surface area contributed by atoms with Gasteiger partial charge in [-0.2, -0.15) is 0 Å². The fourth-order valence-electron chi connectivity index (χ4n) is 3.66. The van der Waals surface area contributed by atoms with Crippen LogP contribution in [0.3, 0.4) is 0 Å². The Morgan fingerprint density at radius 1 is 1.05 bits per heavy atom. The number of halogens is 1. The highest BCUT2D eigenvalue weighted by Gasteiger charge is 2.26. The molecule has 1 aromatic carbocycles. The lowest BCUT2D eigenvalue weighted by atomic mass is 9.99. The minimum Gasteiger partial charge on any atom is -0.371 e. The number of carbonyl (C=O) groups excluding carboxylic acids is 1. The van der Waals surface area contributed by atoms with Gasteiger partial charge in [-0.3, -0.25) is 4.79 Å². The summed E-state index contributed by atoms with van der Waals surface area (Å²) in [6.07, 6.45) is 7.53. The average molecular weight is 351 g/mol. The van der Waals surface area contributed by atoms with Crippen LogP contribution in [0.4, 0.5) is 5.69 Å². The molecule has 2 aliphatic rings. The zero-order chi connectivity index (χ0) is 14.7. The SMILES string of the molecule is O=Cc1cc(Br)ccc1N1CCC(N2CCCCC2)CC1. The van der Waals surface area contributed by atoms with Crippen molar-refractivity contribution in [1.29, 1.82) is 0 Å². The lowest BCUT2D eigenvalue weighted by Crippen LogP contribution is -2.46. The molecule has 3 rings (SSSR count). The summed E-state index contributed by atoms with van der Waals surface area (Å²) < 4.78 is 0.969. The third-order valence-corrected chi connectivity index (χ3v) is 5.32. The van der Waals surface area contributed by atoms with E-state index in [2.05, 4.69) is 31.8 Å². The van der Waals surface area contributed by atoms with E-state index in [0.717, 1.165) is 41.1 Å². The average Bonchev–Trinajstić information content (AvgIpc) is 2.56. The van der Waals surface area contributed by atoms with Gasteiger partial charge in [0.15, 0.2) is 6.29 Å². The van der Waals surface area contributed by atoms with Gasteiger partial charge in [-0.1, -0.05) is 22.4 Å². The molecule has 0 unspecified atom stereocenters. The zero-order valence-corrected chi connectivity index (χ0v) is 14.0. The van der Waals surface area contributed by atoms with E-state index in [1.807, 2.05) is 12.1 Å². The Hall–Kier alpha value is -0.870. The van der Waals surface area contributed by atoms with Gasteiger partial charge in [0.1, 0.15) is 0 Å². The summed E-state index contributed by atoms with van der Waals surface area (Å²) in [7, 11) is 0. The molecular formula is C17H23BrN2O. The molecule has 0 N–H and O–H groups in total. The molecule has 2 aliphatic heterocycles. The quantitative estimate of drug-likeness (QED) is 0.776. The molecule has 2 heterocycles. The second-order valence-electron chi connectivity index (χ2n) is 6.14. The molecule has 0 radical (unpaired) electrons. The Bertz CT molecular complexity index is 492. The van der Waals surface area contributed by atoms with Crippen molar-refractivity contribution >= 4 is 27.9 Å². The Morgan fingerprint density at radius 2 is 1.76 bits per heavy atom. The van der Waals surface area contributed by atoms with Gasteiger partial charge in [0, 0.05) is 34.9 Å². The standard InChI is InChI=1S/C17H23BrN2O/c18-15-4-5-17(14(12-15)13-21)20-10-6-16(7-11-20)19-8-2-1-3-9-19/h4-5,12-13,16H,1-3,6-11H2. The van der Waals surface area contributed by atoms with Crippen LogP contribution in [-0.4, -0.2) is 43.4 Å². The zero-order valence-electron chi connectivity index (χ0n) is 12.4. The maximum Gasteiger partial charge on any atom is 0.152 e. The van der Waals surface area contributed by atoms with Gasteiger partial charge in [-0.25, -0.2) is 0 Å². The normalized spacial score (nSPS) is 21.5. The number of rotatable bonds is 3. The van der Waals surface area contributed by atoms with Gasteiger partial charge < -0.3 is 9.80 Å². The molecule has 2 saturated heterocycles. The number of carbonyl (C=O) groups is 1. The highest BCUT2D eigenvalue weighted by Crippen LogP contribution is 2.28. The minimum atomic E-state index is 0.747. The first kappa shape index (κ1) is 15.0. The Balaban J connectivity index is 1.64. The summed E-state index contributed by atoms with van der Waals surface area (Å²) in [5.41, 5.74) is 1.88. The fraction of sp³-hybridized carbons (Fsp3) is 0.588. The fourth-order valence-corrected chi connectivity index (χ4v) is 4.04. The van der Waals surface area contributed by atoms with Crippen molar-refractivity contribution in [1.82, 2.24) is 4.90 Å². The summed E-state index contributed by atoms with van der Waals surface area (Å²) in [6, 6.07) is 6.75. The monoisotopic (exact) mass is 350 g/mol. The van der Waals surface area contributed by atoms with Crippen LogP contribution in [0.2, 0.25) is 0 Å². The summed E-state index contributed by atoms with van der Waals surface area (Å²) in [6.45, 7) is 4.68. The Morgan fingerprint density at radius 3 is 2.43 bits per heavy atom. The smallest absolute Gasteiger partial charge is 0.152 e. The number of hydrogen-bond donors (Lipinski definition) is 0. The summed E-state index contributed by atoms with van der Waals surface area (Å²) in [5, 5.41) is 0. The van der Waals surface area contributed by atoms with Gasteiger partial charge >= 0.3 is 0 Å². The van der Waals surface area contributed by atoms with Crippen molar-refractivity contribution in [2.45, 2.75) is 38.1 Å². The first-order valence-corrected chi connectivity index (χ1v) is 8.81. The van der Waals surface area contributed by atoms with Gasteiger partial charge in [0.2, 0.25) is 0 Å². The van der Waals surface area contributed by atoms with E-state index in [4.69, 9.17) is 0 Å². The van der Waals surface area contributed by atoms with Gasteiger partial charge in [-0.05, 0) is 57.0 Å². The number of benzene rings is 1. The van der Waals surface area contributed by atoms with Crippen molar-refractivity contribution < 1.29 is 4.79 Å². The molecule has 3 nitrogen and oxygen atoms in total. The van der Waals surface area contributed by atoms with Gasteiger partial charge in [0.25, 0.3) is 0 Å². The number of anilines is 1. The first-order valence-electron chi connectivity index (χ1n) is 8.01. The molecule has 114 valence electrons. The molecule has 0 atom stereocenters. The summed E-state index contributed by atoms with van der Waals surface area (Å²) in [4.78, 5) is 16.3. The molecule has 0 amide bonds. The molecule has 4 heteroatoms. The predicted molar refractivity (Wildman–Crippen MR) is 90.2 cm³/mol. The van der Waals surface area contributed by atoms with E-state index < -0.39 is 0 Å². The van der Waals surface area contributed by atoms with Crippen molar-refractivity contribution in [3.63, 3.8) is 0 Å². The van der Waals surface area contributed by atoms with Crippen LogP contribution >= 0.6 is 15.9 Å². The maximum atomic E-state index is 11.3. The third-order valence-electron chi connectivity index (χ3n) is 4.83. The molecule has 0 aromatic heterocycles. The van der Waals surface area contributed by atoms with Crippen LogP contribution in [0.5, 0.6) is 0 Å². The van der Waals surface area contributed by atoms with Crippen LogP contribution in [0, 0.1) is 0 Å². The highest BCUT2D eigenvalue weighted by molar-refractivity contribution is 9.10. The molecule has 2 fully saturated rings. The predicted octanol–water partition coefficient (Wildman–Crippen LogP) is 3.72. The van der Waals surface area contributed by atoms with E-state index in [-0.39, 0.29) is 0 Å². The van der Waals surface area contributed by atoms with Crippen molar-refractivity contribution in [2.75, 3.05) is 31.1 Å². The van der Waals surface area contributed by atoms with Crippen molar-refractivity contribution in [3.05, 3.63) is 28.2 Å². The number of likely N-dealkylation sites (tertiary alicyclic amines) is 1. The highest BCUT2D eigenvalue weighted by atomic mass is 79.9. The van der Waals surface area contributed by atoms with Crippen LogP contribution in [-0.2, 0) is 0 Å². The van der Waals surface area contributed by atoms with E-state index in [9.17, 15) is 4.79 Å². The molecule has 0 spiro atoms.